The van der Waals surface area contributed by atoms with Gasteiger partial charge < -0.3 is 10.2 Å². The molecule has 0 unspecified atom stereocenters. The molecule has 0 fully saturated rings. The zero-order chi connectivity index (χ0) is 19.7. The Morgan fingerprint density at radius 2 is 1.89 bits per heavy atom. The van der Waals surface area contributed by atoms with Crippen molar-refractivity contribution in [3.8, 4) is 0 Å². The van der Waals surface area contributed by atoms with Gasteiger partial charge in [-0.3, -0.25) is 9.59 Å². The molecule has 5 heteroatoms. The van der Waals surface area contributed by atoms with E-state index < -0.39 is 0 Å². The number of nitrogens with one attached hydrogen (secondary N) is 1. The predicted molar refractivity (Wildman–Crippen MR) is 115 cm³/mol. The molecule has 3 aromatic rings. The van der Waals surface area contributed by atoms with Crippen LogP contribution >= 0.6 is 11.3 Å². The van der Waals surface area contributed by atoms with E-state index >= 15 is 0 Å². The van der Waals surface area contributed by atoms with Gasteiger partial charge in [0.25, 0.3) is 11.8 Å². The molecule has 2 amide bonds. The third kappa shape index (κ3) is 3.58. The van der Waals surface area contributed by atoms with Crippen molar-refractivity contribution in [3.63, 3.8) is 0 Å². The topological polar surface area (TPSA) is 49.4 Å². The molecule has 0 bridgehead atoms. The van der Waals surface area contributed by atoms with Crippen molar-refractivity contribution in [2.75, 3.05) is 16.8 Å². The number of fused-ring (bicyclic) bond motifs is 1. The average molecular weight is 391 g/mol. The third-order valence-corrected chi connectivity index (χ3v) is 6.07. The van der Waals surface area contributed by atoms with Crippen molar-refractivity contribution in [2.45, 2.75) is 26.7 Å². The maximum Gasteiger partial charge on any atom is 0.268 e. The number of hydrogen-bond donors (Lipinski definition) is 1. The van der Waals surface area contributed by atoms with E-state index in [0.717, 1.165) is 40.1 Å². The molecule has 0 saturated carbocycles. The Labute approximate surface area is 168 Å². The Kier molecular flexibility index (Phi) is 5.01. The lowest BCUT2D eigenvalue weighted by Crippen LogP contribution is -2.35. The van der Waals surface area contributed by atoms with Crippen LogP contribution in [0.5, 0.6) is 0 Å². The van der Waals surface area contributed by atoms with Gasteiger partial charge in [0.05, 0.1) is 4.88 Å². The van der Waals surface area contributed by atoms with Gasteiger partial charge in [0.1, 0.15) is 0 Å². The largest absolute Gasteiger partial charge is 0.322 e. The molecule has 4 nitrogen and oxygen atoms in total. The van der Waals surface area contributed by atoms with Gasteiger partial charge in [-0.25, -0.2) is 0 Å². The van der Waals surface area contributed by atoms with Gasteiger partial charge in [-0.15, -0.1) is 11.3 Å². The first-order chi connectivity index (χ1) is 13.5. The number of thiophene rings is 1. The van der Waals surface area contributed by atoms with Crippen molar-refractivity contribution >= 4 is 34.5 Å². The molecule has 0 aliphatic carbocycles. The second-order valence-corrected chi connectivity index (χ2v) is 8.08. The smallest absolute Gasteiger partial charge is 0.268 e. The minimum Gasteiger partial charge on any atom is -0.322 e. The molecular weight excluding hydrogens is 368 g/mol. The molecule has 0 saturated heterocycles. The van der Waals surface area contributed by atoms with Gasteiger partial charge in [-0.1, -0.05) is 18.2 Å². The first kappa shape index (κ1) is 18.4. The molecule has 1 N–H and O–H groups in total. The van der Waals surface area contributed by atoms with Crippen LogP contribution in [0.3, 0.4) is 0 Å². The number of benzene rings is 2. The van der Waals surface area contributed by atoms with Crippen LogP contribution in [-0.2, 0) is 6.42 Å². The summed E-state index contributed by atoms with van der Waals surface area (Å²) in [6.45, 7) is 4.72. The maximum atomic E-state index is 12.9. The van der Waals surface area contributed by atoms with E-state index in [1.807, 2.05) is 72.7 Å². The number of rotatable bonds is 3. The van der Waals surface area contributed by atoms with Crippen molar-refractivity contribution < 1.29 is 9.59 Å². The zero-order valence-corrected chi connectivity index (χ0v) is 16.8. The quantitative estimate of drug-likeness (QED) is 0.667. The van der Waals surface area contributed by atoms with E-state index in [2.05, 4.69) is 5.32 Å². The lowest BCUT2D eigenvalue weighted by atomic mass is 10.0. The first-order valence-corrected chi connectivity index (χ1v) is 10.3. The van der Waals surface area contributed by atoms with Crippen LogP contribution in [-0.4, -0.2) is 18.4 Å². The van der Waals surface area contributed by atoms with Gasteiger partial charge in [0.2, 0.25) is 0 Å². The molecule has 2 heterocycles. The SMILES string of the molecule is Cc1ccc(C(=O)Nc2ccc3c(c2)N(C(=O)c2cccs2)CCC3)cc1C. The summed E-state index contributed by atoms with van der Waals surface area (Å²) >= 11 is 1.45. The van der Waals surface area contributed by atoms with Crippen molar-refractivity contribution in [3.05, 3.63) is 81.0 Å². The molecule has 2 aromatic carbocycles. The summed E-state index contributed by atoms with van der Waals surface area (Å²) in [5.74, 6) is -0.122. The Balaban J connectivity index is 1.60. The fourth-order valence-electron chi connectivity index (χ4n) is 3.48. The number of carbonyl (C=O) groups excluding carboxylic acids is 2. The fourth-order valence-corrected chi connectivity index (χ4v) is 4.15. The Hall–Kier alpha value is -2.92. The van der Waals surface area contributed by atoms with Crippen LogP contribution in [0.4, 0.5) is 11.4 Å². The maximum absolute atomic E-state index is 12.9. The highest BCUT2D eigenvalue weighted by Gasteiger charge is 2.24. The molecule has 142 valence electrons. The molecule has 1 aliphatic rings. The fraction of sp³-hybridized carbons (Fsp3) is 0.217. The van der Waals surface area contributed by atoms with Crippen LogP contribution in [0.25, 0.3) is 0 Å². The Morgan fingerprint density at radius 3 is 2.64 bits per heavy atom. The number of carbonyl (C=O) groups is 2. The highest BCUT2D eigenvalue weighted by molar-refractivity contribution is 7.12. The third-order valence-electron chi connectivity index (χ3n) is 5.21. The summed E-state index contributed by atoms with van der Waals surface area (Å²) in [4.78, 5) is 28.1. The van der Waals surface area contributed by atoms with Gasteiger partial charge >= 0.3 is 0 Å². The van der Waals surface area contributed by atoms with Crippen LogP contribution in [0, 0.1) is 13.8 Å². The van der Waals surface area contributed by atoms with E-state index in [-0.39, 0.29) is 11.8 Å². The molecular formula is C23H22N2O2S. The van der Waals surface area contributed by atoms with Gasteiger partial charge in [0, 0.05) is 23.5 Å². The van der Waals surface area contributed by atoms with Gasteiger partial charge in [-0.05, 0) is 79.1 Å². The van der Waals surface area contributed by atoms with Gasteiger partial charge in [-0.2, -0.15) is 0 Å². The molecule has 1 aliphatic heterocycles. The monoisotopic (exact) mass is 390 g/mol. The van der Waals surface area contributed by atoms with Crippen LogP contribution in [0.15, 0.2) is 53.9 Å². The normalized spacial score (nSPS) is 13.1. The molecule has 0 spiro atoms. The second-order valence-electron chi connectivity index (χ2n) is 7.13. The molecule has 4 rings (SSSR count). The van der Waals surface area contributed by atoms with E-state index in [1.54, 1.807) is 0 Å². The van der Waals surface area contributed by atoms with Crippen molar-refractivity contribution in [1.82, 2.24) is 0 Å². The summed E-state index contributed by atoms with van der Waals surface area (Å²) in [6, 6.07) is 15.3. The molecule has 28 heavy (non-hydrogen) atoms. The number of aryl methyl sites for hydroxylation is 3. The van der Waals surface area contributed by atoms with Crippen molar-refractivity contribution in [1.29, 1.82) is 0 Å². The second kappa shape index (κ2) is 7.60. The first-order valence-electron chi connectivity index (χ1n) is 9.40. The molecule has 0 radical (unpaired) electrons. The van der Waals surface area contributed by atoms with E-state index in [1.165, 1.54) is 11.3 Å². The Morgan fingerprint density at radius 1 is 1.04 bits per heavy atom. The minimum atomic E-state index is -0.144. The summed E-state index contributed by atoms with van der Waals surface area (Å²) in [7, 11) is 0. The molecule has 1 aromatic heterocycles. The van der Waals surface area contributed by atoms with E-state index in [4.69, 9.17) is 0 Å². The predicted octanol–water partition coefficient (Wildman–Crippen LogP) is 5.21. The zero-order valence-electron chi connectivity index (χ0n) is 16.0. The lowest BCUT2D eigenvalue weighted by Gasteiger charge is -2.29. The number of nitrogens with zero attached hydrogens (tertiary/aromatic N) is 1. The Bertz CT molecular complexity index is 1040. The number of anilines is 2. The summed E-state index contributed by atoms with van der Waals surface area (Å²) < 4.78 is 0. The molecule has 0 atom stereocenters. The van der Waals surface area contributed by atoms with Crippen LogP contribution < -0.4 is 10.2 Å². The van der Waals surface area contributed by atoms with Crippen LogP contribution in [0.2, 0.25) is 0 Å². The average Bonchev–Trinajstić information content (AvgIpc) is 3.24. The number of amides is 2. The van der Waals surface area contributed by atoms with E-state index in [9.17, 15) is 9.59 Å². The van der Waals surface area contributed by atoms with Gasteiger partial charge in [0.15, 0.2) is 0 Å². The lowest BCUT2D eigenvalue weighted by molar-refractivity contribution is 0.0987. The van der Waals surface area contributed by atoms with E-state index in [0.29, 0.717) is 17.8 Å². The summed E-state index contributed by atoms with van der Waals surface area (Å²) in [5.41, 5.74) is 5.61. The van der Waals surface area contributed by atoms with Crippen molar-refractivity contribution in [2.24, 2.45) is 0 Å². The minimum absolute atomic E-state index is 0.0218. The summed E-state index contributed by atoms with van der Waals surface area (Å²) in [5, 5.41) is 4.89. The van der Waals surface area contributed by atoms with Crippen LogP contribution in [0.1, 0.15) is 43.1 Å². The number of hydrogen-bond acceptors (Lipinski definition) is 3. The highest BCUT2D eigenvalue weighted by Crippen LogP contribution is 2.32. The summed E-state index contributed by atoms with van der Waals surface area (Å²) in [6.07, 6.45) is 1.88. The standard InChI is InChI=1S/C23H22N2O2S/c1-15-7-8-18(13-16(15)2)22(26)24-19-10-9-17-5-3-11-25(20(17)14-19)23(27)21-6-4-12-28-21/h4,6-10,12-14H,3,5,11H2,1-2H3,(H,24,26). The highest BCUT2D eigenvalue weighted by atomic mass is 32.1.